The maximum absolute atomic E-state index is 5.50. The van der Waals surface area contributed by atoms with Gasteiger partial charge in [-0.05, 0) is 12.5 Å². The Morgan fingerprint density at radius 2 is 1.47 bits per heavy atom. The van der Waals surface area contributed by atoms with E-state index in [1.807, 2.05) is 0 Å². The van der Waals surface area contributed by atoms with Crippen molar-refractivity contribution in [2.45, 2.75) is 33.7 Å². The minimum Gasteiger partial charge on any atom is -0.379 e. The van der Waals surface area contributed by atoms with Crippen molar-refractivity contribution < 1.29 is 4.74 Å². The molecule has 0 aromatic heterocycles. The summed E-state index contributed by atoms with van der Waals surface area (Å²) in [7, 11) is 0. The lowest BCUT2D eigenvalue weighted by atomic mass is 10.2. The molecule has 0 bridgehead atoms. The third-order valence-corrected chi connectivity index (χ3v) is 2.25. The first-order valence-corrected chi connectivity index (χ1v) is 6.85. The van der Waals surface area contributed by atoms with Crippen molar-refractivity contribution in [1.82, 2.24) is 16.0 Å². The topological polar surface area (TPSA) is 45.3 Å². The molecule has 0 aromatic rings. The maximum atomic E-state index is 5.50. The second-order valence-electron chi connectivity index (χ2n) is 5.07. The van der Waals surface area contributed by atoms with Gasteiger partial charge in [0.2, 0.25) is 0 Å². The summed E-state index contributed by atoms with van der Waals surface area (Å²) in [5.74, 6) is 0.713. The third-order valence-electron chi connectivity index (χ3n) is 2.25. The van der Waals surface area contributed by atoms with Gasteiger partial charge in [0.25, 0.3) is 0 Å². The number of nitrogens with one attached hydrogen (secondary N) is 3. The third kappa shape index (κ3) is 15.8. The second-order valence-corrected chi connectivity index (χ2v) is 5.07. The molecule has 0 aliphatic carbocycles. The quantitative estimate of drug-likeness (QED) is 0.446. The predicted octanol–water partition coefficient (Wildman–Crippen LogP) is 0.836. The Labute approximate surface area is 107 Å². The van der Waals surface area contributed by atoms with Crippen molar-refractivity contribution in [1.29, 1.82) is 0 Å². The smallest absolute Gasteiger partial charge is 0.0591 e. The molecular weight excluding hydrogens is 214 g/mol. The monoisotopic (exact) mass is 245 g/mol. The van der Waals surface area contributed by atoms with Crippen molar-refractivity contribution in [3.63, 3.8) is 0 Å². The van der Waals surface area contributed by atoms with Crippen LogP contribution in [0.1, 0.15) is 27.7 Å². The molecule has 0 heterocycles. The zero-order chi connectivity index (χ0) is 12.9. The average molecular weight is 245 g/mol. The van der Waals surface area contributed by atoms with E-state index in [0.29, 0.717) is 12.0 Å². The standard InChI is InChI=1S/C13H31N3O/c1-12(2)11-15-8-10-17-9-7-14-5-6-16-13(3)4/h12-16H,5-11H2,1-4H3. The van der Waals surface area contributed by atoms with Crippen LogP contribution in [0.2, 0.25) is 0 Å². The normalized spacial score (nSPS) is 11.6. The largest absolute Gasteiger partial charge is 0.379 e. The van der Waals surface area contributed by atoms with Gasteiger partial charge in [0.15, 0.2) is 0 Å². The maximum Gasteiger partial charge on any atom is 0.0591 e. The number of hydrogen-bond donors (Lipinski definition) is 3. The number of rotatable bonds is 12. The highest BCUT2D eigenvalue weighted by molar-refractivity contribution is 4.55. The molecule has 0 aromatic carbocycles. The van der Waals surface area contributed by atoms with Crippen LogP contribution in [0, 0.1) is 5.92 Å². The number of ether oxygens (including phenoxy) is 1. The van der Waals surface area contributed by atoms with Crippen LogP contribution in [0.25, 0.3) is 0 Å². The fourth-order valence-corrected chi connectivity index (χ4v) is 1.36. The molecule has 0 amide bonds. The van der Waals surface area contributed by atoms with E-state index in [2.05, 4.69) is 43.6 Å². The molecule has 104 valence electrons. The minimum atomic E-state index is 0.570. The summed E-state index contributed by atoms with van der Waals surface area (Å²) in [4.78, 5) is 0. The first-order chi connectivity index (χ1) is 8.13. The molecule has 0 saturated heterocycles. The van der Waals surface area contributed by atoms with Gasteiger partial charge in [-0.2, -0.15) is 0 Å². The van der Waals surface area contributed by atoms with E-state index in [0.717, 1.165) is 45.9 Å². The molecule has 0 radical (unpaired) electrons. The first-order valence-electron chi connectivity index (χ1n) is 6.85. The molecule has 0 unspecified atom stereocenters. The van der Waals surface area contributed by atoms with Crippen molar-refractivity contribution in [3.8, 4) is 0 Å². The highest BCUT2D eigenvalue weighted by Crippen LogP contribution is 1.85. The summed E-state index contributed by atoms with van der Waals surface area (Å²) >= 11 is 0. The van der Waals surface area contributed by atoms with Gasteiger partial charge in [-0.25, -0.2) is 0 Å². The average Bonchev–Trinajstić information content (AvgIpc) is 2.25. The molecule has 0 aliphatic rings. The fraction of sp³-hybridized carbons (Fsp3) is 1.00. The van der Waals surface area contributed by atoms with Crippen LogP contribution in [-0.2, 0) is 4.74 Å². The van der Waals surface area contributed by atoms with Gasteiger partial charge >= 0.3 is 0 Å². The summed E-state index contributed by atoms with van der Waals surface area (Å²) in [5, 5.41) is 10.1. The summed E-state index contributed by atoms with van der Waals surface area (Å²) in [5.41, 5.74) is 0. The molecule has 3 N–H and O–H groups in total. The zero-order valence-electron chi connectivity index (χ0n) is 12.0. The molecular formula is C13H31N3O. The molecule has 17 heavy (non-hydrogen) atoms. The lowest BCUT2D eigenvalue weighted by Gasteiger charge is -2.10. The van der Waals surface area contributed by atoms with E-state index in [4.69, 9.17) is 4.74 Å². The molecule has 0 atom stereocenters. The molecule has 0 rings (SSSR count). The van der Waals surface area contributed by atoms with Crippen molar-refractivity contribution >= 4 is 0 Å². The van der Waals surface area contributed by atoms with Gasteiger partial charge in [0.05, 0.1) is 13.2 Å². The highest BCUT2D eigenvalue weighted by atomic mass is 16.5. The SMILES string of the molecule is CC(C)CNCCOCCNCCNC(C)C. The van der Waals surface area contributed by atoms with E-state index < -0.39 is 0 Å². The van der Waals surface area contributed by atoms with E-state index in [1.54, 1.807) is 0 Å². The lowest BCUT2D eigenvalue weighted by molar-refractivity contribution is 0.137. The van der Waals surface area contributed by atoms with Crippen molar-refractivity contribution in [2.75, 3.05) is 45.9 Å². The Morgan fingerprint density at radius 3 is 2.06 bits per heavy atom. The predicted molar refractivity (Wildman–Crippen MR) is 74.5 cm³/mol. The Balaban J connectivity index is 2.94. The van der Waals surface area contributed by atoms with Crippen molar-refractivity contribution in [2.24, 2.45) is 5.92 Å². The molecule has 4 nitrogen and oxygen atoms in total. The van der Waals surface area contributed by atoms with Gasteiger partial charge in [0, 0.05) is 32.2 Å². The van der Waals surface area contributed by atoms with E-state index >= 15 is 0 Å². The van der Waals surface area contributed by atoms with Crippen molar-refractivity contribution in [3.05, 3.63) is 0 Å². The molecule has 0 saturated carbocycles. The Hall–Kier alpha value is -0.160. The van der Waals surface area contributed by atoms with Gasteiger partial charge in [-0.1, -0.05) is 27.7 Å². The summed E-state index contributed by atoms with van der Waals surface area (Å²) < 4.78 is 5.50. The Kier molecular flexibility index (Phi) is 12.2. The highest BCUT2D eigenvalue weighted by Gasteiger charge is 1.93. The minimum absolute atomic E-state index is 0.570. The van der Waals surface area contributed by atoms with Crippen LogP contribution in [0.3, 0.4) is 0 Å². The zero-order valence-corrected chi connectivity index (χ0v) is 12.0. The Bertz CT molecular complexity index is 136. The summed E-state index contributed by atoms with van der Waals surface area (Å²) in [6.45, 7) is 15.3. The van der Waals surface area contributed by atoms with Crippen LogP contribution in [-0.4, -0.2) is 52.0 Å². The van der Waals surface area contributed by atoms with Gasteiger partial charge in [0.1, 0.15) is 0 Å². The van der Waals surface area contributed by atoms with E-state index in [1.165, 1.54) is 0 Å². The van der Waals surface area contributed by atoms with Crippen LogP contribution < -0.4 is 16.0 Å². The lowest BCUT2D eigenvalue weighted by Crippen LogP contribution is -2.33. The molecule has 0 spiro atoms. The van der Waals surface area contributed by atoms with Gasteiger partial charge in [-0.15, -0.1) is 0 Å². The van der Waals surface area contributed by atoms with Crippen LogP contribution >= 0.6 is 0 Å². The van der Waals surface area contributed by atoms with Gasteiger partial charge < -0.3 is 20.7 Å². The van der Waals surface area contributed by atoms with E-state index in [9.17, 15) is 0 Å². The van der Waals surface area contributed by atoms with Gasteiger partial charge in [-0.3, -0.25) is 0 Å². The molecule has 0 fully saturated rings. The summed E-state index contributed by atoms with van der Waals surface area (Å²) in [6, 6.07) is 0.570. The second kappa shape index (κ2) is 12.3. The van der Waals surface area contributed by atoms with Crippen LogP contribution in [0.5, 0.6) is 0 Å². The molecule has 0 aliphatic heterocycles. The fourth-order valence-electron chi connectivity index (χ4n) is 1.36. The summed E-state index contributed by atoms with van der Waals surface area (Å²) in [6.07, 6.45) is 0. The van der Waals surface area contributed by atoms with E-state index in [-0.39, 0.29) is 0 Å². The first kappa shape index (κ1) is 16.8. The number of hydrogen-bond acceptors (Lipinski definition) is 4. The Morgan fingerprint density at radius 1 is 0.824 bits per heavy atom. The van der Waals surface area contributed by atoms with Crippen LogP contribution in [0.4, 0.5) is 0 Å². The molecule has 4 heteroatoms. The van der Waals surface area contributed by atoms with Crippen LogP contribution in [0.15, 0.2) is 0 Å².